The topological polar surface area (TPSA) is 72.8 Å². The number of aryl methyl sites for hydroxylation is 1. The Morgan fingerprint density at radius 1 is 1.15 bits per heavy atom. The second-order valence-corrected chi connectivity index (χ2v) is 7.24. The van der Waals surface area contributed by atoms with Gasteiger partial charge in [-0.25, -0.2) is 0 Å². The Hall–Kier alpha value is -0.950. The van der Waals surface area contributed by atoms with E-state index in [9.17, 15) is 13.5 Å². The lowest BCUT2D eigenvalue weighted by Crippen LogP contribution is -2.29. The predicted octanol–water partition coefficient (Wildman–Crippen LogP) is 1.88. The molecule has 1 atom stereocenters. The second-order valence-electron chi connectivity index (χ2n) is 5.63. The maximum atomic E-state index is 11.9. The van der Waals surface area contributed by atoms with Crippen molar-refractivity contribution in [2.75, 3.05) is 13.2 Å². The van der Waals surface area contributed by atoms with Crippen LogP contribution in [0.25, 0.3) is 0 Å². The van der Waals surface area contributed by atoms with E-state index in [1.807, 2.05) is 27.7 Å². The molecule has 0 radical (unpaired) electrons. The summed E-state index contributed by atoms with van der Waals surface area (Å²) in [4.78, 5) is 0.0760. The summed E-state index contributed by atoms with van der Waals surface area (Å²) in [7, 11) is -3.84. The lowest BCUT2D eigenvalue weighted by atomic mass is 10.2. The molecular weight excluding hydrogens is 280 g/mol. The molecule has 0 saturated carbocycles. The van der Waals surface area contributed by atoms with Gasteiger partial charge >= 0.3 is 0 Å². The Labute approximate surface area is 120 Å². The fourth-order valence-corrected chi connectivity index (χ4v) is 2.28. The molecule has 5 nitrogen and oxygen atoms in total. The predicted molar refractivity (Wildman–Crippen MR) is 76.0 cm³/mol. The molecule has 0 fully saturated rings. The van der Waals surface area contributed by atoms with Crippen LogP contribution in [0.5, 0.6) is 0 Å². The number of hydrogen-bond acceptors (Lipinski definition) is 5. The summed E-state index contributed by atoms with van der Waals surface area (Å²) in [6, 6.07) is 6.33. The van der Waals surface area contributed by atoms with Crippen molar-refractivity contribution in [3.8, 4) is 0 Å². The van der Waals surface area contributed by atoms with Crippen LogP contribution < -0.4 is 0 Å². The Kier molecular flexibility index (Phi) is 5.70. The summed E-state index contributed by atoms with van der Waals surface area (Å²) >= 11 is 0. The summed E-state index contributed by atoms with van der Waals surface area (Å²) in [5.41, 5.74) is 0.569. The van der Waals surface area contributed by atoms with E-state index < -0.39 is 21.8 Å². The van der Waals surface area contributed by atoms with E-state index in [0.29, 0.717) is 0 Å². The Morgan fingerprint density at radius 2 is 1.70 bits per heavy atom. The van der Waals surface area contributed by atoms with Gasteiger partial charge in [0.2, 0.25) is 0 Å². The number of benzene rings is 1. The van der Waals surface area contributed by atoms with Crippen LogP contribution in [-0.2, 0) is 19.0 Å². The van der Waals surface area contributed by atoms with Gasteiger partial charge in [-0.05, 0) is 39.8 Å². The number of ether oxygens (including phenoxy) is 1. The van der Waals surface area contributed by atoms with Gasteiger partial charge in [0.15, 0.2) is 0 Å². The van der Waals surface area contributed by atoms with E-state index in [0.717, 1.165) is 5.56 Å². The molecule has 1 aromatic carbocycles. The van der Waals surface area contributed by atoms with Gasteiger partial charge in [-0.2, -0.15) is 8.42 Å². The third-order valence-corrected chi connectivity index (χ3v) is 3.73. The first-order valence-corrected chi connectivity index (χ1v) is 7.79. The van der Waals surface area contributed by atoms with Crippen molar-refractivity contribution in [1.29, 1.82) is 0 Å². The van der Waals surface area contributed by atoms with E-state index in [2.05, 4.69) is 0 Å². The molecule has 1 N–H and O–H groups in total. The third kappa shape index (κ3) is 6.00. The average molecular weight is 302 g/mol. The van der Waals surface area contributed by atoms with Gasteiger partial charge in [0.1, 0.15) is 6.10 Å². The summed E-state index contributed by atoms with van der Waals surface area (Å²) < 4.78 is 33.9. The number of rotatable bonds is 6. The fraction of sp³-hybridized carbons (Fsp3) is 0.571. The van der Waals surface area contributed by atoms with Crippen molar-refractivity contribution in [2.45, 2.75) is 44.3 Å². The fourth-order valence-electron chi connectivity index (χ4n) is 1.34. The summed E-state index contributed by atoms with van der Waals surface area (Å²) in [6.45, 7) is 7.11. The van der Waals surface area contributed by atoms with Gasteiger partial charge in [-0.15, -0.1) is 0 Å². The molecular formula is C14H22O5S. The van der Waals surface area contributed by atoms with Crippen molar-refractivity contribution >= 4 is 10.1 Å². The van der Waals surface area contributed by atoms with Gasteiger partial charge in [-0.1, -0.05) is 17.7 Å². The van der Waals surface area contributed by atoms with Crippen LogP contribution in [-0.4, -0.2) is 38.4 Å². The van der Waals surface area contributed by atoms with Crippen molar-refractivity contribution in [3.63, 3.8) is 0 Å². The van der Waals surface area contributed by atoms with Crippen molar-refractivity contribution in [3.05, 3.63) is 29.8 Å². The Bertz CT molecular complexity index is 513. The zero-order chi connectivity index (χ0) is 15.4. The summed E-state index contributed by atoms with van der Waals surface area (Å²) in [5.74, 6) is 0. The first-order valence-electron chi connectivity index (χ1n) is 6.38. The number of hydrogen-bond donors (Lipinski definition) is 1. The molecule has 1 rings (SSSR count). The van der Waals surface area contributed by atoms with Gasteiger partial charge in [-0.3, -0.25) is 4.18 Å². The van der Waals surface area contributed by atoms with E-state index in [-0.39, 0.29) is 18.1 Å². The molecule has 1 aromatic rings. The molecule has 0 aliphatic heterocycles. The molecule has 0 aromatic heterocycles. The second kappa shape index (κ2) is 6.67. The molecule has 6 heteroatoms. The van der Waals surface area contributed by atoms with Crippen molar-refractivity contribution in [1.82, 2.24) is 0 Å². The van der Waals surface area contributed by atoms with Crippen LogP contribution >= 0.6 is 0 Å². The van der Waals surface area contributed by atoms with Crippen LogP contribution in [0.3, 0.4) is 0 Å². The summed E-state index contributed by atoms with van der Waals surface area (Å²) in [6.07, 6.45) is -0.991. The van der Waals surface area contributed by atoms with Crippen LogP contribution in [0.15, 0.2) is 29.2 Å². The molecule has 0 bridgehead atoms. The van der Waals surface area contributed by atoms with Crippen LogP contribution in [0.1, 0.15) is 26.3 Å². The monoisotopic (exact) mass is 302 g/mol. The standard InChI is InChI=1S/C14H22O5S/c1-11-5-7-13(8-6-11)20(16,17)19-10-12(15)9-18-14(2,3)4/h5-8,12,15H,9-10H2,1-4H3. The Balaban J connectivity index is 2.53. The molecule has 0 spiro atoms. The van der Waals surface area contributed by atoms with Crippen LogP contribution in [0.2, 0.25) is 0 Å². The minimum Gasteiger partial charge on any atom is -0.388 e. The minimum atomic E-state index is -3.84. The normalized spacial score (nSPS) is 14.2. The van der Waals surface area contributed by atoms with Gasteiger partial charge in [0.25, 0.3) is 10.1 Å². The molecule has 1 unspecified atom stereocenters. The van der Waals surface area contributed by atoms with Crippen molar-refractivity contribution < 1.29 is 22.4 Å². The highest BCUT2D eigenvalue weighted by molar-refractivity contribution is 7.86. The van der Waals surface area contributed by atoms with E-state index in [1.165, 1.54) is 12.1 Å². The highest BCUT2D eigenvalue weighted by atomic mass is 32.2. The first-order chi connectivity index (χ1) is 9.10. The zero-order valence-corrected chi connectivity index (χ0v) is 13.1. The molecule has 0 aliphatic rings. The molecule has 0 saturated heterocycles. The highest BCUT2D eigenvalue weighted by Gasteiger charge is 2.19. The maximum Gasteiger partial charge on any atom is 0.297 e. The molecule has 0 amide bonds. The van der Waals surface area contributed by atoms with Crippen LogP contribution in [0, 0.1) is 6.92 Å². The molecule has 0 aliphatic carbocycles. The molecule has 0 heterocycles. The minimum absolute atomic E-state index is 0.0208. The smallest absolute Gasteiger partial charge is 0.297 e. The largest absolute Gasteiger partial charge is 0.388 e. The van der Waals surface area contributed by atoms with Gasteiger partial charge < -0.3 is 9.84 Å². The van der Waals surface area contributed by atoms with Crippen LogP contribution in [0.4, 0.5) is 0 Å². The van der Waals surface area contributed by atoms with Gasteiger partial charge in [0.05, 0.1) is 23.7 Å². The first kappa shape index (κ1) is 17.1. The van der Waals surface area contributed by atoms with E-state index >= 15 is 0 Å². The maximum absolute atomic E-state index is 11.9. The van der Waals surface area contributed by atoms with E-state index in [1.54, 1.807) is 12.1 Å². The molecule has 20 heavy (non-hydrogen) atoms. The van der Waals surface area contributed by atoms with Gasteiger partial charge in [0, 0.05) is 0 Å². The molecule has 114 valence electrons. The van der Waals surface area contributed by atoms with E-state index in [4.69, 9.17) is 8.92 Å². The lowest BCUT2D eigenvalue weighted by Gasteiger charge is -2.21. The zero-order valence-electron chi connectivity index (χ0n) is 12.3. The van der Waals surface area contributed by atoms with Crippen molar-refractivity contribution in [2.24, 2.45) is 0 Å². The summed E-state index contributed by atoms with van der Waals surface area (Å²) in [5, 5.41) is 9.65. The average Bonchev–Trinajstić information content (AvgIpc) is 2.34. The Morgan fingerprint density at radius 3 is 2.20 bits per heavy atom. The lowest BCUT2D eigenvalue weighted by molar-refractivity contribution is -0.0580. The SMILES string of the molecule is Cc1ccc(S(=O)(=O)OCC(O)COC(C)(C)C)cc1. The number of aliphatic hydroxyl groups excluding tert-OH is 1. The quantitative estimate of drug-likeness (QED) is 0.812. The third-order valence-electron chi connectivity index (χ3n) is 2.43. The highest BCUT2D eigenvalue weighted by Crippen LogP contribution is 2.14. The number of aliphatic hydroxyl groups is 1.